The van der Waals surface area contributed by atoms with Crippen LogP contribution in [0.5, 0.6) is 0 Å². The number of ether oxygens (including phenoxy) is 1. The van der Waals surface area contributed by atoms with Crippen LogP contribution in [0.15, 0.2) is 36.5 Å². The number of aliphatic hydroxyl groups is 1. The minimum atomic E-state index is -4.42. The van der Waals surface area contributed by atoms with E-state index in [1.54, 1.807) is 0 Å². The van der Waals surface area contributed by atoms with Crippen LogP contribution in [0.1, 0.15) is 206 Å². The van der Waals surface area contributed by atoms with Crippen molar-refractivity contribution >= 4 is 19.7 Å². The molecule has 0 rings (SSSR count). The molecule has 2 unspecified atom stereocenters. The molecule has 0 bridgehead atoms. The summed E-state index contributed by atoms with van der Waals surface area (Å²) in [6.45, 7) is 3.49. The van der Waals surface area contributed by atoms with Crippen molar-refractivity contribution in [3.8, 4) is 0 Å². The predicted molar refractivity (Wildman–Crippen MR) is 229 cm³/mol. The van der Waals surface area contributed by atoms with E-state index < -0.39 is 26.5 Å². The van der Waals surface area contributed by atoms with E-state index in [9.17, 15) is 24.2 Å². The maximum absolute atomic E-state index is 12.1. The van der Waals surface area contributed by atoms with E-state index in [0.717, 1.165) is 70.6 Å². The number of unbranched alkanes of at least 4 members (excludes halogenated alkanes) is 23. The highest BCUT2D eigenvalue weighted by molar-refractivity contribution is 7.47. The molecule has 0 aliphatic carbocycles. The minimum absolute atomic E-state index is 0.0811. The second kappa shape index (κ2) is 41.9. The molecular weight excluding hydrogens is 713 g/mol. The van der Waals surface area contributed by atoms with Gasteiger partial charge in [0.25, 0.3) is 0 Å². The number of allylic oxidation sites excluding steroid dienone is 6. The fourth-order valence-corrected chi connectivity index (χ4v) is 6.85. The number of amides is 1. The summed E-state index contributed by atoms with van der Waals surface area (Å²) in [5.74, 6) is -0.525. The van der Waals surface area contributed by atoms with Crippen molar-refractivity contribution in [2.24, 2.45) is 0 Å². The summed E-state index contributed by atoms with van der Waals surface area (Å²) in [4.78, 5) is 33.9. The van der Waals surface area contributed by atoms with E-state index in [-0.39, 0.29) is 32.1 Å². The number of carbonyl (C=O) groups excluding carboxylic acids is 2. The van der Waals surface area contributed by atoms with Gasteiger partial charge in [-0.2, -0.15) is 0 Å². The van der Waals surface area contributed by atoms with Crippen LogP contribution in [0.3, 0.4) is 0 Å². The van der Waals surface area contributed by atoms with Gasteiger partial charge in [-0.15, -0.1) is 0 Å². The topological polar surface area (TPSA) is 131 Å². The Morgan fingerprint density at radius 2 is 1.00 bits per heavy atom. The van der Waals surface area contributed by atoms with E-state index >= 15 is 0 Å². The van der Waals surface area contributed by atoms with Gasteiger partial charge in [0.05, 0.1) is 13.2 Å². The zero-order chi connectivity index (χ0) is 40.3. The van der Waals surface area contributed by atoms with Crippen LogP contribution in [0.4, 0.5) is 0 Å². The van der Waals surface area contributed by atoms with E-state index in [1.165, 1.54) is 109 Å². The molecule has 0 aliphatic heterocycles. The highest BCUT2D eigenvalue weighted by Crippen LogP contribution is 2.42. The van der Waals surface area contributed by atoms with Crippen LogP contribution >= 0.6 is 7.82 Å². The van der Waals surface area contributed by atoms with Crippen LogP contribution < -0.4 is 5.32 Å². The van der Waals surface area contributed by atoms with Gasteiger partial charge in [0.15, 0.2) is 0 Å². The summed E-state index contributed by atoms with van der Waals surface area (Å²) < 4.78 is 26.8. The third-order valence-corrected chi connectivity index (χ3v) is 10.5. The SMILES string of the molecule is CCCC/C=C\CCCCCCCC(=O)OCC(O)COP(=O)(O)OCCNC(=O)CCCCCCCCCCCCCCC/C=C\C/C=C\CCCCC. The molecule has 0 aromatic carbocycles. The quantitative estimate of drug-likeness (QED) is 0.0241. The lowest BCUT2D eigenvalue weighted by Crippen LogP contribution is -2.27. The number of esters is 1. The molecule has 9 nitrogen and oxygen atoms in total. The molecule has 0 aliphatic rings. The number of rotatable bonds is 42. The van der Waals surface area contributed by atoms with Gasteiger partial charge in [0.2, 0.25) is 5.91 Å². The molecule has 322 valence electrons. The van der Waals surface area contributed by atoms with Crippen LogP contribution in [0.2, 0.25) is 0 Å². The van der Waals surface area contributed by atoms with E-state index in [4.69, 9.17) is 13.8 Å². The van der Waals surface area contributed by atoms with Gasteiger partial charge in [0.1, 0.15) is 12.7 Å². The Morgan fingerprint density at radius 3 is 1.53 bits per heavy atom. The van der Waals surface area contributed by atoms with Crippen LogP contribution in [-0.4, -0.2) is 54.3 Å². The predicted octanol–water partition coefficient (Wildman–Crippen LogP) is 12.6. The number of hydrogen-bond acceptors (Lipinski definition) is 7. The second-order valence-corrected chi connectivity index (χ2v) is 16.5. The molecule has 0 aromatic rings. The van der Waals surface area contributed by atoms with Crippen LogP contribution in [0, 0.1) is 0 Å². The smallest absolute Gasteiger partial charge is 0.463 e. The number of nitrogens with one attached hydrogen (secondary N) is 1. The molecule has 0 fully saturated rings. The van der Waals surface area contributed by atoms with Gasteiger partial charge in [0, 0.05) is 19.4 Å². The molecule has 0 radical (unpaired) electrons. The normalized spacial score (nSPS) is 13.6. The first-order valence-electron chi connectivity index (χ1n) is 22.5. The highest BCUT2D eigenvalue weighted by Gasteiger charge is 2.23. The van der Waals surface area contributed by atoms with E-state index in [0.29, 0.717) is 6.42 Å². The van der Waals surface area contributed by atoms with E-state index in [2.05, 4.69) is 55.6 Å². The molecule has 55 heavy (non-hydrogen) atoms. The number of aliphatic hydroxyl groups excluding tert-OH is 1. The monoisotopic (exact) mass is 798 g/mol. The third-order valence-electron chi connectivity index (χ3n) is 9.54. The maximum Gasteiger partial charge on any atom is 0.472 e. The number of phosphoric ester groups is 1. The van der Waals surface area contributed by atoms with Crippen molar-refractivity contribution in [1.29, 1.82) is 0 Å². The Balaban J connectivity index is 3.55. The Hall–Kier alpha value is -1.77. The fourth-order valence-electron chi connectivity index (χ4n) is 6.10. The molecule has 3 N–H and O–H groups in total. The molecule has 0 heterocycles. The zero-order valence-electron chi connectivity index (χ0n) is 35.4. The Kier molecular flexibility index (Phi) is 40.5. The van der Waals surface area contributed by atoms with Crippen LogP contribution in [0.25, 0.3) is 0 Å². The molecule has 1 amide bonds. The summed E-state index contributed by atoms with van der Waals surface area (Å²) in [5, 5.41) is 12.7. The molecular formula is C45H84NO8P. The van der Waals surface area contributed by atoms with Crippen LogP contribution in [-0.2, 0) is 27.9 Å². The van der Waals surface area contributed by atoms with Gasteiger partial charge in [-0.1, -0.05) is 166 Å². The van der Waals surface area contributed by atoms with Gasteiger partial charge in [-0.05, 0) is 64.2 Å². The van der Waals surface area contributed by atoms with Crippen molar-refractivity contribution in [2.75, 3.05) is 26.4 Å². The van der Waals surface area contributed by atoms with Gasteiger partial charge >= 0.3 is 13.8 Å². The number of carbonyl (C=O) groups is 2. The number of hydrogen-bond donors (Lipinski definition) is 3. The van der Waals surface area contributed by atoms with E-state index in [1.807, 2.05) is 0 Å². The summed E-state index contributed by atoms with van der Waals surface area (Å²) in [5.41, 5.74) is 0. The fraction of sp³-hybridized carbons (Fsp3) is 0.822. The maximum atomic E-state index is 12.1. The Bertz CT molecular complexity index is 1000. The molecule has 10 heteroatoms. The Labute approximate surface area is 337 Å². The van der Waals surface area contributed by atoms with Crippen molar-refractivity contribution < 1.29 is 37.9 Å². The second-order valence-electron chi connectivity index (χ2n) is 15.0. The lowest BCUT2D eigenvalue weighted by molar-refractivity contribution is -0.147. The zero-order valence-corrected chi connectivity index (χ0v) is 36.3. The summed E-state index contributed by atoms with van der Waals surface area (Å²) in [6.07, 6.45) is 46.6. The largest absolute Gasteiger partial charge is 0.472 e. The van der Waals surface area contributed by atoms with Crippen molar-refractivity contribution in [2.45, 2.75) is 213 Å². The van der Waals surface area contributed by atoms with Crippen molar-refractivity contribution in [1.82, 2.24) is 5.32 Å². The molecule has 0 saturated carbocycles. The molecule has 0 saturated heterocycles. The molecule has 0 spiro atoms. The molecule has 2 atom stereocenters. The first-order chi connectivity index (χ1) is 26.8. The minimum Gasteiger partial charge on any atom is -0.463 e. The average molecular weight is 798 g/mol. The van der Waals surface area contributed by atoms with Gasteiger partial charge in [-0.3, -0.25) is 18.6 Å². The first kappa shape index (κ1) is 53.2. The lowest BCUT2D eigenvalue weighted by atomic mass is 10.0. The average Bonchev–Trinajstić information content (AvgIpc) is 3.17. The lowest BCUT2D eigenvalue weighted by Gasteiger charge is -2.15. The highest BCUT2D eigenvalue weighted by atomic mass is 31.2. The third kappa shape index (κ3) is 43.2. The first-order valence-corrected chi connectivity index (χ1v) is 24.0. The Morgan fingerprint density at radius 1 is 0.564 bits per heavy atom. The molecule has 0 aromatic heterocycles. The summed E-state index contributed by atoms with van der Waals surface area (Å²) >= 11 is 0. The number of phosphoric acid groups is 1. The standard InChI is InChI=1S/C45H84NO8P/c1-3-5-7-9-11-13-15-16-17-18-19-20-21-22-23-24-25-26-28-29-31-33-35-37-44(48)46-39-40-53-55(50,51)54-42-43(47)41-52-45(49)38-36-34-32-30-27-14-12-10-8-6-4-2/h10-13,16-17,43,47H,3-9,14-15,18-42H2,1-2H3,(H,46,48)(H,50,51)/b12-10-,13-11-,17-16-. The summed E-state index contributed by atoms with van der Waals surface area (Å²) in [6, 6.07) is 0. The van der Waals surface area contributed by atoms with Crippen molar-refractivity contribution in [3.63, 3.8) is 0 Å². The van der Waals surface area contributed by atoms with Gasteiger partial charge in [-0.25, -0.2) is 4.57 Å². The summed E-state index contributed by atoms with van der Waals surface area (Å²) in [7, 11) is -4.42. The van der Waals surface area contributed by atoms with Gasteiger partial charge < -0.3 is 20.1 Å². The van der Waals surface area contributed by atoms with Crippen molar-refractivity contribution in [3.05, 3.63) is 36.5 Å².